The van der Waals surface area contributed by atoms with Crippen LogP contribution in [0.2, 0.25) is 5.02 Å². The fourth-order valence-corrected chi connectivity index (χ4v) is 2.11. The predicted octanol–water partition coefficient (Wildman–Crippen LogP) is 3.04. The standard InChI is InChI=1S/C16H17ClN2O/c1-11-3-2-4-14(15(11)17)16(20)19-10-13-7-5-12(9-18)6-8-13/h2-8H,9-10,18H2,1H3,(H,19,20). The lowest BCUT2D eigenvalue weighted by Crippen LogP contribution is -2.23. The summed E-state index contributed by atoms with van der Waals surface area (Å²) in [6, 6.07) is 13.3. The molecule has 3 nitrogen and oxygen atoms in total. The van der Waals surface area contributed by atoms with Gasteiger partial charge in [0.2, 0.25) is 0 Å². The molecule has 0 radical (unpaired) electrons. The summed E-state index contributed by atoms with van der Waals surface area (Å²) in [5, 5.41) is 3.37. The summed E-state index contributed by atoms with van der Waals surface area (Å²) < 4.78 is 0. The third-order valence-corrected chi connectivity index (χ3v) is 3.65. The zero-order valence-corrected chi connectivity index (χ0v) is 12.1. The summed E-state index contributed by atoms with van der Waals surface area (Å²) in [6.07, 6.45) is 0. The number of rotatable bonds is 4. The topological polar surface area (TPSA) is 55.1 Å². The van der Waals surface area contributed by atoms with Crippen LogP contribution in [0.15, 0.2) is 42.5 Å². The molecular weight excluding hydrogens is 272 g/mol. The molecule has 104 valence electrons. The van der Waals surface area contributed by atoms with Crippen molar-refractivity contribution in [2.75, 3.05) is 0 Å². The smallest absolute Gasteiger partial charge is 0.253 e. The van der Waals surface area contributed by atoms with Gasteiger partial charge in [0.15, 0.2) is 0 Å². The Labute approximate surface area is 123 Å². The van der Waals surface area contributed by atoms with Gasteiger partial charge in [-0.3, -0.25) is 4.79 Å². The molecular formula is C16H17ClN2O. The maximum atomic E-state index is 12.1. The van der Waals surface area contributed by atoms with Gasteiger partial charge >= 0.3 is 0 Å². The van der Waals surface area contributed by atoms with Crippen molar-refractivity contribution in [1.82, 2.24) is 5.32 Å². The Kier molecular flexibility index (Phi) is 4.77. The molecule has 4 heteroatoms. The van der Waals surface area contributed by atoms with Gasteiger partial charge in [0, 0.05) is 13.1 Å². The molecule has 0 heterocycles. The van der Waals surface area contributed by atoms with Crippen molar-refractivity contribution in [3.05, 3.63) is 69.7 Å². The van der Waals surface area contributed by atoms with Crippen LogP contribution < -0.4 is 11.1 Å². The Morgan fingerprint density at radius 3 is 2.45 bits per heavy atom. The first kappa shape index (κ1) is 14.6. The number of halogens is 1. The monoisotopic (exact) mass is 288 g/mol. The number of amides is 1. The SMILES string of the molecule is Cc1cccc(C(=O)NCc2ccc(CN)cc2)c1Cl. The summed E-state index contributed by atoms with van der Waals surface area (Å²) in [7, 11) is 0. The second-order valence-corrected chi connectivity index (χ2v) is 5.02. The Morgan fingerprint density at radius 1 is 1.15 bits per heavy atom. The number of hydrogen-bond acceptors (Lipinski definition) is 2. The van der Waals surface area contributed by atoms with E-state index in [1.54, 1.807) is 6.07 Å². The van der Waals surface area contributed by atoms with Crippen LogP contribution >= 0.6 is 11.6 Å². The van der Waals surface area contributed by atoms with Gasteiger partial charge in [-0.2, -0.15) is 0 Å². The highest BCUT2D eigenvalue weighted by molar-refractivity contribution is 6.34. The second-order valence-electron chi connectivity index (χ2n) is 4.64. The number of carbonyl (C=O) groups excluding carboxylic acids is 1. The highest BCUT2D eigenvalue weighted by Crippen LogP contribution is 2.20. The first-order valence-electron chi connectivity index (χ1n) is 6.43. The van der Waals surface area contributed by atoms with Gasteiger partial charge in [0.25, 0.3) is 5.91 Å². The lowest BCUT2D eigenvalue weighted by molar-refractivity contribution is 0.0951. The van der Waals surface area contributed by atoms with Crippen molar-refractivity contribution >= 4 is 17.5 Å². The molecule has 3 N–H and O–H groups in total. The molecule has 0 aliphatic heterocycles. The van der Waals surface area contributed by atoms with Crippen LogP contribution in [0.1, 0.15) is 27.0 Å². The molecule has 0 saturated heterocycles. The molecule has 0 aliphatic carbocycles. The van der Waals surface area contributed by atoms with Crippen LogP contribution in [0.3, 0.4) is 0 Å². The first-order chi connectivity index (χ1) is 9.61. The average Bonchev–Trinajstić information content (AvgIpc) is 2.48. The van der Waals surface area contributed by atoms with E-state index >= 15 is 0 Å². The van der Waals surface area contributed by atoms with Crippen LogP contribution in [0.4, 0.5) is 0 Å². The summed E-state index contributed by atoms with van der Waals surface area (Å²) in [5.41, 5.74) is 9.04. The van der Waals surface area contributed by atoms with Gasteiger partial charge in [0.1, 0.15) is 0 Å². The minimum Gasteiger partial charge on any atom is -0.348 e. The van der Waals surface area contributed by atoms with Crippen LogP contribution in [0.5, 0.6) is 0 Å². The fourth-order valence-electron chi connectivity index (χ4n) is 1.89. The summed E-state index contributed by atoms with van der Waals surface area (Å²) >= 11 is 6.13. The van der Waals surface area contributed by atoms with Crippen molar-refractivity contribution in [3.63, 3.8) is 0 Å². The Bertz CT molecular complexity index is 608. The van der Waals surface area contributed by atoms with E-state index in [9.17, 15) is 4.79 Å². The molecule has 2 aromatic carbocycles. The first-order valence-corrected chi connectivity index (χ1v) is 6.81. The van der Waals surface area contributed by atoms with E-state index in [0.29, 0.717) is 23.7 Å². The normalized spacial score (nSPS) is 10.3. The van der Waals surface area contributed by atoms with E-state index in [-0.39, 0.29) is 5.91 Å². The summed E-state index contributed by atoms with van der Waals surface area (Å²) in [6.45, 7) is 2.87. The van der Waals surface area contributed by atoms with Gasteiger partial charge in [-0.05, 0) is 29.7 Å². The lowest BCUT2D eigenvalue weighted by atomic mass is 10.1. The largest absolute Gasteiger partial charge is 0.348 e. The maximum Gasteiger partial charge on any atom is 0.253 e. The Morgan fingerprint density at radius 2 is 1.80 bits per heavy atom. The van der Waals surface area contributed by atoms with Crippen LogP contribution in [0, 0.1) is 6.92 Å². The highest BCUT2D eigenvalue weighted by atomic mass is 35.5. The minimum atomic E-state index is -0.165. The van der Waals surface area contributed by atoms with Gasteiger partial charge in [0.05, 0.1) is 10.6 Å². The van der Waals surface area contributed by atoms with Crippen LogP contribution in [-0.2, 0) is 13.1 Å². The molecule has 0 saturated carbocycles. The minimum absolute atomic E-state index is 0.165. The number of carbonyl (C=O) groups is 1. The molecule has 2 rings (SSSR count). The molecule has 0 bridgehead atoms. The van der Waals surface area contributed by atoms with Crippen molar-refractivity contribution < 1.29 is 4.79 Å². The van der Waals surface area contributed by atoms with Crippen molar-refractivity contribution in [2.24, 2.45) is 5.73 Å². The van der Waals surface area contributed by atoms with Crippen LogP contribution in [-0.4, -0.2) is 5.91 Å². The van der Waals surface area contributed by atoms with Gasteiger partial charge in [-0.15, -0.1) is 0 Å². The van der Waals surface area contributed by atoms with E-state index in [0.717, 1.165) is 16.7 Å². The molecule has 2 aromatic rings. The zero-order valence-electron chi connectivity index (χ0n) is 11.3. The fraction of sp³-hybridized carbons (Fsp3) is 0.188. The molecule has 0 aliphatic rings. The second kappa shape index (κ2) is 6.55. The molecule has 0 fully saturated rings. The molecule has 0 unspecified atom stereocenters. The predicted molar refractivity (Wildman–Crippen MR) is 81.7 cm³/mol. The maximum absolute atomic E-state index is 12.1. The third-order valence-electron chi connectivity index (χ3n) is 3.15. The number of hydrogen-bond donors (Lipinski definition) is 2. The number of nitrogens with two attached hydrogens (primary N) is 1. The third kappa shape index (κ3) is 3.38. The van der Waals surface area contributed by atoms with Crippen molar-refractivity contribution in [1.29, 1.82) is 0 Å². The van der Waals surface area contributed by atoms with E-state index in [1.807, 2.05) is 43.3 Å². The lowest BCUT2D eigenvalue weighted by Gasteiger charge is -2.08. The van der Waals surface area contributed by atoms with E-state index in [4.69, 9.17) is 17.3 Å². The Balaban J connectivity index is 2.02. The van der Waals surface area contributed by atoms with Crippen LogP contribution in [0.25, 0.3) is 0 Å². The van der Waals surface area contributed by atoms with Crippen molar-refractivity contribution in [2.45, 2.75) is 20.0 Å². The number of benzene rings is 2. The highest BCUT2D eigenvalue weighted by Gasteiger charge is 2.11. The molecule has 0 spiro atoms. The molecule has 0 atom stereocenters. The van der Waals surface area contributed by atoms with E-state index < -0.39 is 0 Å². The van der Waals surface area contributed by atoms with E-state index in [2.05, 4.69) is 5.32 Å². The average molecular weight is 289 g/mol. The number of nitrogens with one attached hydrogen (secondary N) is 1. The van der Waals surface area contributed by atoms with Gasteiger partial charge < -0.3 is 11.1 Å². The zero-order chi connectivity index (χ0) is 14.5. The number of aryl methyl sites for hydroxylation is 1. The summed E-state index contributed by atoms with van der Waals surface area (Å²) in [4.78, 5) is 12.1. The van der Waals surface area contributed by atoms with E-state index in [1.165, 1.54) is 0 Å². The van der Waals surface area contributed by atoms with Crippen molar-refractivity contribution in [3.8, 4) is 0 Å². The molecule has 1 amide bonds. The van der Waals surface area contributed by atoms with Gasteiger partial charge in [-0.25, -0.2) is 0 Å². The molecule has 20 heavy (non-hydrogen) atoms. The van der Waals surface area contributed by atoms with Gasteiger partial charge in [-0.1, -0.05) is 48.0 Å². The summed E-state index contributed by atoms with van der Waals surface area (Å²) in [5.74, 6) is -0.165. The molecule has 0 aromatic heterocycles. The Hall–Kier alpha value is -1.84. The quantitative estimate of drug-likeness (QED) is 0.908.